The van der Waals surface area contributed by atoms with Crippen LogP contribution in [0.15, 0.2) is 0 Å². The molecule has 1 aliphatic rings. The minimum Gasteiger partial charge on any atom is -0.329 e. The van der Waals surface area contributed by atoms with Gasteiger partial charge in [0.2, 0.25) is 0 Å². The van der Waals surface area contributed by atoms with Gasteiger partial charge in [-0.1, -0.05) is 0 Å². The second kappa shape index (κ2) is 5.30. The highest BCUT2D eigenvalue weighted by Crippen LogP contribution is 2.13. The Morgan fingerprint density at radius 3 is 2.86 bits per heavy atom. The largest absolute Gasteiger partial charge is 0.329 e. The molecule has 1 saturated heterocycles. The first-order valence-corrected chi connectivity index (χ1v) is 5.20. The van der Waals surface area contributed by atoms with Gasteiger partial charge in [-0.15, -0.1) is 0 Å². The van der Waals surface area contributed by atoms with E-state index in [0.717, 1.165) is 19.6 Å². The van der Waals surface area contributed by atoms with Gasteiger partial charge in [0, 0.05) is 38.3 Å². The van der Waals surface area contributed by atoms with Crippen molar-refractivity contribution in [1.82, 2.24) is 9.80 Å². The molecule has 4 nitrogen and oxygen atoms in total. The third-order valence-corrected chi connectivity index (χ3v) is 2.96. The van der Waals surface area contributed by atoms with Crippen LogP contribution < -0.4 is 5.73 Å². The van der Waals surface area contributed by atoms with Crippen molar-refractivity contribution in [2.24, 2.45) is 5.73 Å². The average molecular weight is 196 g/mol. The van der Waals surface area contributed by atoms with E-state index in [2.05, 4.69) is 29.8 Å². The van der Waals surface area contributed by atoms with Gasteiger partial charge in [-0.05, 0) is 14.0 Å². The van der Waals surface area contributed by atoms with Gasteiger partial charge in [-0.25, -0.2) is 0 Å². The quantitative estimate of drug-likeness (QED) is 0.683. The molecule has 4 heteroatoms. The maximum Gasteiger partial charge on any atom is 0.0638 e. The Kier molecular flexibility index (Phi) is 4.33. The van der Waals surface area contributed by atoms with Gasteiger partial charge in [-0.2, -0.15) is 5.26 Å². The summed E-state index contributed by atoms with van der Waals surface area (Å²) in [5, 5.41) is 8.66. The van der Waals surface area contributed by atoms with Crippen LogP contribution in [0.5, 0.6) is 0 Å². The van der Waals surface area contributed by atoms with Gasteiger partial charge in [0.05, 0.1) is 12.5 Å². The molecule has 0 radical (unpaired) electrons. The third kappa shape index (κ3) is 2.68. The molecule has 0 amide bonds. The van der Waals surface area contributed by atoms with Crippen LogP contribution in [-0.2, 0) is 0 Å². The second-order valence-corrected chi connectivity index (χ2v) is 4.10. The minimum absolute atomic E-state index is 0.335. The first-order chi connectivity index (χ1) is 6.69. The molecule has 1 aliphatic heterocycles. The lowest BCUT2D eigenvalue weighted by molar-refractivity contribution is 0.0640. The molecule has 2 unspecified atom stereocenters. The Balaban J connectivity index is 2.54. The van der Waals surface area contributed by atoms with Crippen molar-refractivity contribution in [3.8, 4) is 6.07 Å². The molecule has 1 heterocycles. The van der Waals surface area contributed by atoms with E-state index in [4.69, 9.17) is 11.0 Å². The lowest BCUT2D eigenvalue weighted by Crippen LogP contribution is -2.57. The number of nitrogens with two attached hydrogens (primary N) is 1. The molecule has 0 bridgehead atoms. The molecule has 0 aromatic rings. The Bertz CT molecular complexity index is 211. The van der Waals surface area contributed by atoms with Crippen LogP contribution in [0.4, 0.5) is 0 Å². The zero-order valence-electron chi connectivity index (χ0n) is 9.11. The molecule has 1 rings (SSSR count). The average Bonchev–Trinajstić information content (AvgIpc) is 2.17. The monoisotopic (exact) mass is 196 g/mol. The Labute approximate surface area is 86.3 Å². The summed E-state index contributed by atoms with van der Waals surface area (Å²) >= 11 is 0. The normalized spacial score (nSPS) is 27.1. The number of piperazine rings is 1. The molecule has 0 saturated carbocycles. The van der Waals surface area contributed by atoms with Gasteiger partial charge >= 0.3 is 0 Å². The summed E-state index contributed by atoms with van der Waals surface area (Å²) in [6.45, 7) is 5.91. The lowest BCUT2D eigenvalue weighted by atomic mass is 10.1. The highest BCUT2D eigenvalue weighted by molar-refractivity contribution is 4.88. The summed E-state index contributed by atoms with van der Waals surface area (Å²) in [5.41, 5.74) is 5.74. The predicted octanol–water partition coefficient (Wildman–Crippen LogP) is -0.137. The molecule has 2 atom stereocenters. The zero-order chi connectivity index (χ0) is 10.6. The van der Waals surface area contributed by atoms with Gasteiger partial charge in [0.25, 0.3) is 0 Å². The van der Waals surface area contributed by atoms with Gasteiger partial charge in [0.15, 0.2) is 0 Å². The van der Waals surface area contributed by atoms with Crippen molar-refractivity contribution >= 4 is 0 Å². The fourth-order valence-electron chi connectivity index (χ4n) is 2.06. The van der Waals surface area contributed by atoms with Crippen LogP contribution in [0.1, 0.15) is 13.3 Å². The van der Waals surface area contributed by atoms with Crippen molar-refractivity contribution in [2.75, 3.05) is 33.2 Å². The van der Waals surface area contributed by atoms with E-state index < -0.39 is 0 Å². The van der Waals surface area contributed by atoms with Crippen LogP contribution in [0.2, 0.25) is 0 Å². The van der Waals surface area contributed by atoms with E-state index in [-0.39, 0.29) is 0 Å². The summed E-state index contributed by atoms with van der Waals surface area (Å²) in [7, 11) is 2.12. The fraction of sp³-hybridized carbons (Fsp3) is 0.900. The minimum atomic E-state index is 0.335. The standard InChI is InChI=1S/C10H20N4/c1-9(3-4-11)14-6-5-13(2)8-10(14)7-12/h9-10H,3,5-8,12H2,1-2H3. The number of likely N-dealkylation sites (N-methyl/N-ethyl adjacent to an activating group) is 1. The second-order valence-electron chi connectivity index (χ2n) is 4.10. The number of rotatable bonds is 3. The van der Waals surface area contributed by atoms with E-state index >= 15 is 0 Å². The molecule has 0 spiro atoms. The third-order valence-electron chi connectivity index (χ3n) is 2.96. The Morgan fingerprint density at radius 1 is 1.57 bits per heavy atom. The smallest absolute Gasteiger partial charge is 0.0638 e. The Hall–Kier alpha value is -0.630. The molecule has 80 valence electrons. The van der Waals surface area contributed by atoms with Crippen LogP contribution in [0.25, 0.3) is 0 Å². The van der Waals surface area contributed by atoms with Gasteiger partial charge in [0.1, 0.15) is 0 Å². The molecule has 0 aromatic heterocycles. The van der Waals surface area contributed by atoms with Crippen LogP contribution in [0.3, 0.4) is 0 Å². The van der Waals surface area contributed by atoms with Crippen molar-refractivity contribution < 1.29 is 0 Å². The van der Waals surface area contributed by atoms with E-state index in [1.165, 1.54) is 0 Å². The topological polar surface area (TPSA) is 56.3 Å². The fourth-order valence-corrected chi connectivity index (χ4v) is 2.06. The first-order valence-electron chi connectivity index (χ1n) is 5.20. The summed E-state index contributed by atoms with van der Waals surface area (Å²) in [6, 6.07) is 2.97. The van der Waals surface area contributed by atoms with E-state index in [9.17, 15) is 0 Å². The van der Waals surface area contributed by atoms with Crippen molar-refractivity contribution in [2.45, 2.75) is 25.4 Å². The van der Waals surface area contributed by atoms with Crippen molar-refractivity contribution in [3.05, 3.63) is 0 Å². The summed E-state index contributed by atoms with van der Waals surface area (Å²) in [6.07, 6.45) is 0.597. The van der Waals surface area contributed by atoms with E-state index in [1.807, 2.05) is 0 Å². The molecule has 1 fully saturated rings. The molecular formula is C10H20N4. The van der Waals surface area contributed by atoms with Crippen LogP contribution >= 0.6 is 0 Å². The Morgan fingerprint density at radius 2 is 2.29 bits per heavy atom. The van der Waals surface area contributed by atoms with E-state index in [0.29, 0.717) is 25.0 Å². The highest BCUT2D eigenvalue weighted by Gasteiger charge is 2.27. The summed E-state index contributed by atoms with van der Waals surface area (Å²) in [4.78, 5) is 4.66. The van der Waals surface area contributed by atoms with E-state index in [1.54, 1.807) is 0 Å². The number of nitriles is 1. The maximum absolute atomic E-state index is 8.66. The summed E-state index contributed by atoms with van der Waals surface area (Å²) in [5.74, 6) is 0. The van der Waals surface area contributed by atoms with Gasteiger partial charge in [-0.3, -0.25) is 4.90 Å². The predicted molar refractivity (Wildman–Crippen MR) is 56.7 cm³/mol. The SMILES string of the molecule is CC(CC#N)N1CCN(C)CC1CN. The molecule has 0 aliphatic carbocycles. The molecule has 0 aromatic carbocycles. The number of hydrogen-bond donors (Lipinski definition) is 1. The first kappa shape index (κ1) is 11.4. The van der Waals surface area contributed by atoms with Crippen molar-refractivity contribution in [3.63, 3.8) is 0 Å². The maximum atomic E-state index is 8.66. The molecule has 14 heavy (non-hydrogen) atoms. The highest BCUT2D eigenvalue weighted by atomic mass is 15.3. The number of hydrogen-bond acceptors (Lipinski definition) is 4. The lowest BCUT2D eigenvalue weighted by Gasteiger charge is -2.42. The van der Waals surface area contributed by atoms with Gasteiger partial charge < -0.3 is 10.6 Å². The van der Waals surface area contributed by atoms with Crippen molar-refractivity contribution in [1.29, 1.82) is 5.26 Å². The number of nitrogens with zero attached hydrogens (tertiary/aromatic N) is 3. The summed E-state index contributed by atoms with van der Waals surface area (Å²) < 4.78 is 0. The van der Waals surface area contributed by atoms with Crippen LogP contribution in [0, 0.1) is 11.3 Å². The molecular weight excluding hydrogens is 176 g/mol. The van der Waals surface area contributed by atoms with Crippen LogP contribution in [-0.4, -0.2) is 55.1 Å². The molecule has 2 N–H and O–H groups in total. The zero-order valence-corrected chi connectivity index (χ0v) is 9.11.